The van der Waals surface area contributed by atoms with Gasteiger partial charge in [0, 0.05) is 5.56 Å². The van der Waals surface area contributed by atoms with Gasteiger partial charge in [-0.15, -0.1) is 0 Å². The lowest BCUT2D eigenvalue weighted by molar-refractivity contribution is -0.141. The van der Waals surface area contributed by atoms with Crippen LogP contribution in [0.5, 0.6) is 0 Å². The van der Waals surface area contributed by atoms with Crippen molar-refractivity contribution in [3.05, 3.63) is 41.6 Å². The molecule has 0 fully saturated rings. The summed E-state index contributed by atoms with van der Waals surface area (Å²) in [6.45, 7) is 1.72. The van der Waals surface area contributed by atoms with E-state index in [1.165, 1.54) is 0 Å². The molecule has 1 aromatic heterocycles. The van der Waals surface area contributed by atoms with Crippen LogP contribution < -0.4 is 5.72 Å². The van der Waals surface area contributed by atoms with Gasteiger partial charge in [0.05, 0.1) is 5.69 Å². The summed E-state index contributed by atoms with van der Waals surface area (Å²) in [4.78, 5) is 6.89. The van der Waals surface area contributed by atoms with E-state index >= 15 is 0 Å². The molecule has 104 valence electrons. The third kappa shape index (κ3) is 2.97. The van der Waals surface area contributed by atoms with Gasteiger partial charge in [0.2, 0.25) is 0 Å². The third-order valence-electron chi connectivity index (χ3n) is 2.69. The van der Waals surface area contributed by atoms with E-state index in [2.05, 4.69) is 9.97 Å². The number of hydrogen-bond donors (Lipinski definition) is 2. The van der Waals surface area contributed by atoms with Crippen molar-refractivity contribution >= 4 is 12.8 Å². The van der Waals surface area contributed by atoms with Gasteiger partial charge >= 0.3 is 13.3 Å². The van der Waals surface area contributed by atoms with Gasteiger partial charge < -0.3 is 10.0 Å². The van der Waals surface area contributed by atoms with E-state index in [-0.39, 0.29) is 5.69 Å². The predicted molar refractivity (Wildman–Crippen MR) is 67.0 cm³/mol. The maximum absolute atomic E-state index is 12.8. The van der Waals surface area contributed by atoms with E-state index in [0.29, 0.717) is 5.56 Å². The molecule has 0 unspecified atom stereocenters. The summed E-state index contributed by atoms with van der Waals surface area (Å²) in [5, 5.41) is 18.0. The van der Waals surface area contributed by atoms with Crippen LogP contribution in [0.2, 0.25) is 0 Å². The lowest BCUT2D eigenvalue weighted by Gasteiger charge is -2.11. The van der Waals surface area contributed by atoms with Crippen molar-refractivity contribution in [3.63, 3.8) is 0 Å². The number of aromatic nitrogens is 2. The lowest BCUT2D eigenvalue weighted by atomic mass is 9.90. The Balaban J connectivity index is 2.65. The van der Waals surface area contributed by atoms with Gasteiger partial charge in [-0.05, 0) is 18.6 Å². The Hall–Kier alpha value is -1.93. The van der Waals surface area contributed by atoms with Crippen LogP contribution in [-0.2, 0) is 6.18 Å². The van der Waals surface area contributed by atoms with Crippen LogP contribution in [0.4, 0.5) is 13.2 Å². The van der Waals surface area contributed by atoms with Crippen LogP contribution in [0.15, 0.2) is 30.3 Å². The Morgan fingerprint density at radius 3 is 2.30 bits per heavy atom. The van der Waals surface area contributed by atoms with Crippen molar-refractivity contribution < 1.29 is 23.2 Å². The molecular formula is C12H10BF3N2O2. The standard InChI is InChI=1S/C12H10BF3N2O2/c1-7-4-2-3-5-8(7)9-6-10(12(14,15)16)18-11(17-9)13(19)20/h2-6,19-20H,1H3. The van der Waals surface area contributed by atoms with Gasteiger partial charge in [0.15, 0.2) is 5.72 Å². The molecule has 1 aromatic carbocycles. The third-order valence-corrected chi connectivity index (χ3v) is 2.69. The zero-order valence-corrected chi connectivity index (χ0v) is 10.4. The smallest absolute Gasteiger partial charge is 0.421 e. The molecule has 0 spiro atoms. The highest BCUT2D eigenvalue weighted by Gasteiger charge is 2.35. The van der Waals surface area contributed by atoms with E-state index in [1.54, 1.807) is 31.2 Å². The Kier molecular flexibility index (Phi) is 3.78. The van der Waals surface area contributed by atoms with E-state index in [1.807, 2.05) is 0 Å². The average molecular weight is 282 g/mol. The number of alkyl halides is 3. The monoisotopic (exact) mass is 282 g/mol. The molecular weight excluding hydrogens is 272 g/mol. The SMILES string of the molecule is Cc1ccccc1-c1cc(C(F)(F)F)nc(B(O)O)n1. The quantitative estimate of drug-likeness (QED) is 0.811. The number of benzene rings is 1. The summed E-state index contributed by atoms with van der Waals surface area (Å²) >= 11 is 0. The van der Waals surface area contributed by atoms with Gasteiger partial charge in [-0.25, -0.2) is 9.97 Å². The van der Waals surface area contributed by atoms with E-state index in [0.717, 1.165) is 11.6 Å². The van der Waals surface area contributed by atoms with Crippen molar-refractivity contribution in [2.75, 3.05) is 0 Å². The van der Waals surface area contributed by atoms with Crippen LogP contribution in [-0.4, -0.2) is 27.1 Å². The van der Waals surface area contributed by atoms with E-state index < -0.39 is 24.7 Å². The molecule has 0 saturated heterocycles. The molecule has 0 saturated carbocycles. The number of hydrogen-bond acceptors (Lipinski definition) is 4. The number of nitrogens with zero attached hydrogens (tertiary/aromatic N) is 2. The van der Waals surface area contributed by atoms with Crippen LogP contribution in [0.1, 0.15) is 11.3 Å². The van der Waals surface area contributed by atoms with E-state index in [4.69, 9.17) is 10.0 Å². The second-order valence-electron chi connectivity index (χ2n) is 4.18. The largest absolute Gasteiger partial charge is 0.528 e. The molecule has 0 atom stereocenters. The number of aryl methyl sites for hydroxylation is 1. The maximum Gasteiger partial charge on any atom is 0.528 e. The Bertz CT molecular complexity index is 632. The molecule has 0 bridgehead atoms. The van der Waals surface area contributed by atoms with Gasteiger partial charge in [-0.3, -0.25) is 0 Å². The fraction of sp³-hybridized carbons (Fsp3) is 0.167. The van der Waals surface area contributed by atoms with Gasteiger partial charge in [0.25, 0.3) is 0 Å². The fourth-order valence-electron chi connectivity index (χ4n) is 1.72. The highest BCUT2D eigenvalue weighted by molar-refractivity contribution is 6.56. The second-order valence-corrected chi connectivity index (χ2v) is 4.18. The Labute approximate surface area is 113 Å². The molecule has 0 radical (unpaired) electrons. The lowest BCUT2D eigenvalue weighted by Crippen LogP contribution is -2.37. The number of halogens is 3. The molecule has 0 aliphatic heterocycles. The highest BCUT2D eigenvalue weighted by atomic mass is 19.4. The van der Waals surface area contributed by atoms with E-state index in [9.17, 15) is 13.2 Å². The molecule has 8 heteroatoms. The van der Waals surface area contributed by atoms with Crippen molar-refractivity contribution in [1.29, 1.82) is 0 Å². The minimum absolute atomic E-state index is 0.00600. The minimum atomic E-state index is -4.69. The summed E-state index contributed by atoms with van der Waals surface area (Å²) in [5.74, 6) is 0. The zero-order valence-electron chi connectivity index (χ0n) is 10.4. The van der Waals surface area contributed by atoms with Crippen LogP contribution in [0, 0.1) is 6.92 Å². The van der Waals surface area contributed by atoms with Crippen molar-refractivity contribution in [1.82, 2.24) is 9.97 Å². The van der Waals surface area contributed by atoms with Crippen molar-refractivity contribution in [2.45, 2.75) is 13.1 Å². The summed E-state index contributed by atoms with van der Waals surface area (Å²) < 4.78 is 38.3. The topological polar surface area (TPSA) is 66.2 Å². The Morgan fingerprint density at radius 2 is 1.75 bits per heavy atom. The summed E-state index contributed by atoms with van der Waals surface area (Å²) in [6, 6.07) is 7.51. The molecule has 1 heterocycles. The predicted octanol–water partition coefficient (Wildman–Crippen LogP) is 1.15. The maximum atomic E-state index is 12.8. The first-order valence-corrected chi connectivity index (χ1v) is 5.67. The molecule has 2 rings (SSSR count). The normalized spacial score (nSPS) is 11.5. The molecule has 20 heavy (non-hydrogen) atoms. The van der Waals surface area contributed by atoms with Crippen LogP contribution in [0.25, 0.3) is 11.3 Å². The van der Waals surface area contributed by atoms with Crippen LogP contribution in [0.3, 0.4) is 0 Å². The van der Waals surface area contributed by atoms with Crippen LogP contribution >= 0.6 is 0 Å². The van der Waals surface area contributed by atoms with Gasteiger partial charge in [0.1, 0.15) is 5.69 Å². The first kappa shape index (κ1) is 14.5. The van der Waals surface area contributed by atoms with Gasteiger partial charge in [-0.2, -0.15) is 13.2 Å². The first-order chi connectivity index (χ1) is 9.29. The van der Waals surface area contributed by atoms with Gasteiger partial charge in [-0.1, -0.05) is 24.3 Å². The number of rotatable bonds is 2. The Morgan fingerprint density at radius 1 is 1.10 bits per heavy atom. The highest BCUT2D eigenvalue weighted by Crippen LogP contribution is 2.30. The summed E-state index contributed by atoms with van der Waals surface area (Å²) in [5.41, 5.74) is -0.708. The molecule has 0 aliphatic rings. The first-order valence-electron chi connectivity index (χ1n) is 5.67. The van der Waals surface area contributed by atoms with Crippen molar-refractivity contribution in [3.8, 4) is 11.3 Å². The molecule has 0 amide bonds. The minimum Gasteiger partial charge on any atom is -0.421 e. The summed E-state index contributed by atoms with van der Waals surface area (Å²) in [6.07, 6.45) is -4.69. The summed E-state index contributed by atoms with van der Waals surface area (Å²) in [7, 11) is -2.17. The molecule has 4 nitrogen and oxygen atoms in total. The average Bonchev–Trinajstić information content (AvgIpc) is 2.37. The molecule has 2 aromatic rings. The van der Waals surface area contributed by atoms with Crippen molar-refractivity contribution in [2.24, 2.45) is 0 Å². The fourth-order valence-corrected chi connectivity index (χ4v) is 1.72. The molecule has 0 aliphatic carbocycles. The second kappa shape index (κ2) is 5.22. The molecule has 2 N–H and O–H groups in total. The zero-order chi connectivity index (χ0) is 14.9.